The van der Waals surface area contributed by atoms with Gasteiger partial charge >= 0.3 is 6.18 Å². The molecule has 2 saturated heterocycles. The van der Waals surface area contributed by atoms with Crippen LogP contribution < -0.4 is 9.64 Å². The Balaban J connectivity index is 1.28. The number of nitrogens with zero attached hydrogens (tertiary/aromatic N) is 5. The van der Waals surface area contributed by atoms with Gasteiger partial charge in [-0.3, -0.25) is 9.78 Å². The zero-order valence-corrected chi connectivity index (χ0v) is 16.8. The fourth-order valence-electron chi connectivity index (χ4n) is 4.27. The van der Waals surface area contributed by atoms with E-state index in [9.17, 15) is 18.0 Å². The summed E-state index contributed by atoms with van der Waals surface area (Å²) in [4.78, 5) is 28.7. The molecule has 1 saturated carbocycles. The summed E-state index contributed by atoms with van der Waals surface area (Å²) in [5, 5.41) is 0. The van der Waals surface area contributed by atoms with Gasteiger partial charge in [0.15, 0.2) is 0 Å². The molecule has 0 N–H and O–H groups in total. The number of rotatable bonds is 4. The van der Waals surface area contributed by atoms with E-state index >= 15 is 0 Å². The van der Waals surface area contributed by atoms with Gasteiger partial charge in [0.2, 0.25) is 11.8 Å². The molecule has 2 aromatic rings. The van der Waals surface area contributed by atoms with Crippen molar-refractivity contribution in [3.63, 3.8) is 0 Å². The van der Waals surface area contributed by atoms with E-state index in [2.05, 4.69) is 15.0 Å². The Morgan fingerprint density at radius 2 is 1.94 bits per heavy atom. The Bertz CT molecular complexity index is 964. The maximum atomic E-state index is 13.1. The molecule has 0 spiro atoms. The van der Waals surface area contributed by atoms with Crippen molar-refractivity contribution in [1.82, 2.24) is 19.9 Å². The number of halogens is 3. The minimum Gasteiger partial charge on any atom is -0.471 e. The first-order valence-corrected chi connectivity index (χ1v) is 10.4. The summed E-state index contributed by atoms with van der Waals surface area (Å²) in [7, 11) is 0. The van der Waals surface area contributed by atoms with Crippen molar-refractivity contribution in [3.8, 4) is 5.88 Å². The molecular formula is C21H22F3N5O2. The van der Waals surface area contributed by atoms with Gasteiger partial charge in [-0.15, -0.1) is 0 Å². The molecule has 2 atom stereocenters. The molecule has 0 bridgehead atoms. The van der Waals surface area contributed by atoms with E-state index in [0.717, 1.165) is 24.6 Å². The zero-order chi connectivity index (χ0) is 21.6. The van der Waals surface area contributed by atoms with Crippen LogP contribution in [-0.4, -0.2) is 57.5 Å². The van der Waals surface area contributed by atoms with Gasteiger partial charge in [0.25, 0.3) is 0 Å². The molecule has 2 aliphatic heterocycles. The molecule has 5 rings (SSSR count). The summed E-state index contributed by atoms with van der Waals surface area (Å²) in [6.45, 7) is 1.17. The summed E-state index contributed by atoms with van der Waals surface area (Å²) >= 11 is 0. The van der Waals surface area contributed by atoms with Gasteiger partial charge in [-0.2, -0.15) is 13.2 Å². The molecule has 4 heterocycles. The number of hydrogen-bond acceptors (Lipinski definition) is 6. The van der Waals surface area contributed by atoms with Gasteiger partial charge < -0.3 is 14.5 Å². The summed E-state index contributed by atoms with van der Waals surface area (Å²) < 4.78 is 45.1. The van der Waals surface area contributed by atoms with Crippen LogP contribution in [0.4, 0.5) is 19.0 Å². The van der Waals surface area contributed by atoms with Crippen molar-refractivity contribution in [2.24, 2.45) is 0 Å². The lowest BCUT2D eigenvalue weighted by atomic mass is 10.2. The third-order valence-corrected chi connectivity index (χ3v) is 6.00. The van der Waals surface area contributed by atoms with Crippen LogP contribution in [0.2, 0.25) is 0 Å². The van der Waals surface area contributed by atoms with E-state index in [1.807, 2.05) is 0 Å². The van der Waals surface area contributed by atoms with Crippen LogP contribution in [0.1, 0.15) is 43.0 Å². The van der Waals surface area contributed by atoms with Crippen LogP contribution in [0.25, 0.3) is 0 Å². The molecule has 1 amide bonds. The van der Waals surface area contributed by atoms with Gasteiger partial charge in [0.1, 0.15) is 17.6 Å². The fourth-order valence-corrected chi connectivity index (χ4v) is 4.27. The Morgan fingerprint density at radius 3 is 2.65 bits per heavy atom. The molecule has 31 heavy (non-hydrogen) atoms. The SMILES string of the molecule is O=C1CCN(c2cccc(C(F)(F)F)n2)C[C@H]2C[C@@H](Oc3cnc(C4CC4)cn3)CN12. The molecule has 0 unspecified atom stereocenters. The first-order chi connectivity index (χ1) is 14.9. The van der Waals surface area contributed by atoms with Crippen molar-refractivity contribution in [2.45, 2.75) is 49.9 Å². The van der Waals surface area contributed by atoms with E-state index in [0.29, 0.717) is 37.9 Å². The number of alkyl halides is 3. The van der Waals surface area contributed by atoms with Crippen molar-refractivity contribution < 1.29 is 22.7 Å². The maximum Gasteiger partial charge on any atom is 0.433 e. The number of amides is 1. The van der Waals surface area contributed by atoms with Crippen molar-refractivity contribution >= 4 is 11.7 Å². The summed E-state index contributed by atoms with van der Waals surface area (Å²) in [6, 6.07) is 3.69. The maximum absolute atomic E-state index is 13.1. The topological polar surface area (TPSA) is 71.5 Å². The van der Waals surface area contributed by atoms with Gasteiger partial charge in [-0.05, 0) is 25.0 Å². The highest BCUT2D eigenvalue weighted by Crippen LogP contribution is 2.38. The number of ether oxygens (including phenoxy) is 1. The normalized spacial score (nSPS) is 24.2. The molecule has 1 aliphatic carbocycles. The minimum absolute atomic E-state index is 0.0271. The summed E-state index contributed by atoms with van der Waals surface area (Å²) in [6.07, 6.45) is 1.71. The standard InChI is InChI=1S/C21H22F3N5O2/c22-21(23,24)17-2-1-3-18(27-17)28-7-6-20(30)29-12-15(8-14(29)11-28)31-19-10-25-16(9-26-19)13-4-5-13/h1-3,9-10,13-15H,4-8,11-12H2/t14-,15-/m1/s1. The Labute approximate surface area is 177 Å². The first kappa shape index (κ1) is 20.0. The fraction of sp³-hybridized carbons (Fsp3) is 0.524. The Hall–Kier alpha value is -2.91. The lowest BCUT2D eigenvalue weighted by molar-refractivity contribution is -0.141. The second kappa shape index (κ2) is 7.65. The van der Waals surface area contributed by atoms with Crippen molar-refractivity contribution in [1.29, 1.82) is 0 Å². The monoisotopic (exact) mass is 433 g/mol. The zero-order valence-electron chi connectivity index (χ0n) is 16.8. The van der Waals surface area contributed by atoms with Gasteiger partial charge in [0.05, 0.1) is 30.7 Å². The Morgan fingerprint density at radius 1 is 1.10 bits per heavy atom. The van der Waals surface area contributed by atoms with E-state index in [-0.39, 0.29) is 30.3 Å². The molecular weight excluding hydrogens is 411 g/mol. The largest absolute Gasteiger partial charge is 0.471 e. The minimum atomic E-state index is -4.51. The average Bonchev–Trinajstić information content (AvgIpc) is 3.54. The third kappa shape index (κ3) is 4.28. The van der Waals surface area contributed by atoms with Crippen molar-refractivity contribution in [3.05, 3.63) is 42.0 Å². The molecule has 3 fully saturated rings. The van der Waals surface area contributed by atoms with Gasteiger partial charge in [-0.25, -0.2) is 9.97 Å². The van der Waals surface area contributed by atoms with E-state index in [1.54, 1.807) is 28.3 Å². The highest BCUT2D eigenvalue weighted by atomic mass is 19.4. The molecule has 3 aliphatic rings. The second-order valence-corrected chi connectivity index (χ2v) is 8.30. The van der Waals surface area contributed by atoms with Crippen LogP contribution in [0.5, 0.6) is 5.88 Å². The molecule has 0 radical (unpaired) electrons. The molecule has 7 nitrogen and oxygen atoms in total. The molecule has 2 aromatic heterocycles. The van der Waals surface area contributed by atoms with Crippen LogP contribution in [0.3, 0.4) is 0 Å². The number of pyridine rings is 1. The quantitative estimate of drug-likeness (QED) is 0.738. The summed E-state index contributed by atoms with van der Waals surface area (Å²) in [5.74, 6) is 1.14. The van der Waals surface area contributed by atoms with Crippen LogP contribution in [0, 0.1) is 0 Å². The van der Waals surface area contributed by atoms with E-state index in [4.69, 9.17) is 4.74 Å². The predicted molar refractivity (Wildman–Crippen MR) is 105 cm³/mol. The number of carbonyl (C=O) groups is 1. The Kier molecular flexibility index (Phi) is 4.94. The number of anilines is 1. The highest BCUT2D eigenvalue weighted by molar-refractivity contribution is 5.78. The van der Waals surface area contributed by atoms with E-state index in [1.165, 1.54) is 6.07 Å². The molecule has 10 heteroatoms. The highest BCUT2D eigenvalue weighted by Gasteiger charge is 2.40. The lowest BCUT2D eigenvalue weighted by Gasteiger charge is -2.26. The number of hydrogen-bond donors (Lipinski definition) is 0. The average molecular weight is 433 g/mol. The molecule has 0 aromatic carbocycles. The lowest BCUT2D eigenvalue weighted by Crippen LogP contribution is -2.39. The van der Waals surface area contributed by atoms with Crippen LogP contribution in [-0.2, 0) is 11.0 Å². The molecule has 164 valence electrons. The third-order valence-electron chi connectivity index (χ3n) is 6.00. The smallest absolute Gasteiger partial charge is 0.433 e. The van der Waals surface area contributed by atoms with Gasteiger partial charge in [-0.1, -0.05) is 6.07 Å². The van der Waals surface area contributed by atoms with Crippen molar-refractivity contribution in [2.75, 3.05) is 24.5 Å². The van der Waals surface area contributed by atoms with Crippen LogP contribution >= 0.6 is 0 Å². The first-order valence-electron chi connectivity index (χ1n) is 10.4. The number of aromatic nitrogens is 3. The predicted octanol–water partition coefficient (Wildman–Crippen LogP) is 3.03. The second-order valence-electron chi connectivity index (χ2n) is 8.30. The van der Waals surface area contributed by atoms with Crippen LogP contribution in [0.15, 0.2) is 30.6 Å². The number of fused-ring (bicyclic) bond motifs is 1. The van der Waals surface area contributed by atoms with E-state index < -0.39 is 11.9 Å². The summed E-state index contributed by atoms with van der Waals surface area (Å²) in [5.41, 5.74) is 0.0466. The van der Waals surface area contributed by atoms with Gasteiger partial charge in [0, 0.05) is 31.8 Å². The number of carbonyl (C=O) groups excluding carboxylic acids is 1.